The first kappa shape index (κ1) is 15.3. The van der Waals surface area contributed by atoms with Crippen LogP contribution in [0.5, 0.6) is 5.75 Å². The third kappa shape index (κ3) is 2.97. The number of para-hydroxylation sites is 1. The van der Waals surface area contributed by atoms with Crippen LogP contribution in [0.1, 0.15) is 42.5 Å². The van der Waals surface area contributed by atoms with Crippen molar-refractivity contribution in [1.82, 2.24) is 5.01 Å². The number of hydrogen-bond donors (Lipinski definition) is 1. The average molecular weight is 308 g/mol. The quantitative estimate of drug-likeness (QED) is 0.938. The number of phenolic OH excluding ortho intramolecular Hbond substituents is 1. The molecule has 2 aromatic rings. The van der Waals surface area contributed by atoms with E-state index in [-0.39, 0.29) is 17.7 Å². The molecule has 4 heteroatoms. The number of carbonyl (C=O) groups is 1. The van der Waals surface area contributed by atoms with Gasteiger partial charge in [0, 0.05) is 18.4 Å². The molecule has 0 saturated carbocycles. The van der Waals surface area contributed by atoms with Crippen LogP contribution in [0.15, 0.2) is 53.6 Å². The highest BCUT2D eigenvalue weighted by Crippen LogP contribution is 2.37. The lowest BCUT2D eigenvalue weighted by Gasteiger charge is -2.22. The molecule has 118 valence electrons. The summed E-state index contributed by atoms with van der Waals surface area (Å²) in [7, 11) is 0. The molecule has 0 spiro atoms. The monoisotopic (exact) mass is 308 g/mol. The molecule has 1 aliphatic rings. The van der Waals surface area contributed by atoms with Crippen LogP contribution in [0.4, 0.5) is 0 Å². The summed E-state index contributed by atoms with van der Waals surface area (Å²) < 4.78 is 0. The number of hydrogen-bond acceptors (Lipinski definition) is 3. The van der Waals surface area contributed by atoms with E-state index in [1.807, 2.05) is 44.2 Å². The number of nitrogens with zero attached hydrogens (tertiary/aromatic N) is 2. The van der Waals surface area contributed by atoms with Crippen LogP contribution >= 0.6 is 0 Å². The molecule has 23 heavy (non-hydrogen) atoms. The van der Waals surface area contributed by atoms with E-state index >= 15 is 0 Å². The summed E-state index contributed by atoms with van der Waals surface area (Å²) in [6, 6.07) is 15.0. The summed E-state index contributed by atoms with van der Waals surface area (Å²) in [6.07, 6.45) is 0.988. The molecule has 0 saturated heterocycles. The minimum Gasteiger partial charge on any atom is -0.508 e. The van der Waals surface area contributed by atoms with Gasteiger partial charge in [-0.25, -0.2) is 5.01 Å². The summed E-state index contributed by atoms with van der Waals surface area (Å²) in [5.41, 5.74) is 3.80. The van der Waals surface area contributed by atoms with Crippen molar-refractivity contribution in [2.75, 3.05) is 0 Å². The van der Waals surface area contributed by atoms with E-state index in [2.05, 4.69) is 11.2 Å². The normalized spacial score (nSPS) is 17.2. The number of carbonyl (C=O) groups excluding carboxylic acids is 1. The minimum absolute atomic E-state index is 0.0408. The number of phenols is 1. The summed E-state index contributed by atoms with van der Waals surface area (Å²) in [5, 5.41) is 16.2. The molecule has 1 aliphatic heterocycles. The van der Waals surface area contributed by atoms with Gasteiger partial charge in [0.05, 0.1) is 11.8 Å². The molecule has 1 N–H and O–H groups in total. The Hall–Kier alpha value is -2.62. The fourth-order valence-electron chi connectivity index (χ4n) is 2.91. The van der Waals surface area contributed by atoms with E-state index in [1.54, 1.807) is 12.1 Å². The maximum absolute atomic E-state index is 12.3. The standard InChI is InChI=1S/C19H20N2O2/c1-3-19(23)21-17(15-9-4-5-10-18(15)22)12-16(20-21)14-8-6-7-13(2)11-14/h4-11,17,22H,3,12H2,1-2H3/t17-/m0/s1. The Bertz CT molecular complexity index is 767. The highest BCUT2D eigenvalue weighted by molar-refractivity contribution is 6.03. The lowest BCUT2D eigenvalue weighted by molar-refractivity contribution is -0.132. The minimum atomic E-state index is -0.251. The van der Waals surface area contributed by atoms with Crippen molar-refractivity contribution in [3.8, 4) is 5.75 Å². The number of amides is 1. The Morgan fingerprint density at radius 1 is 1.26 bits per heavy atom. The molecule has 0 radical (unpaired) electrons. The van der Waals surface area contributed by atoms with Gasteiger partial charge in [-0.2, -0.15) is 5.10 Å². The predicted molar refractivity (Wildman–Crippen MR) is 90.3 cm³/mol. The van der Waals surface area contributed by atoms with Crippen LogP contribution in [0, 0.1) is 6.92 Å². The van der Waals surface area contributed by atoms with Gasteiger partial charge < -0.3 is 5.11 Å². The number of hydrazone groups is 1. The topological polar surface area (TPSA) is 52.9 Å². The molecule has 0 unspecified atom stereocenters. The van der Waals surface area contributed by atoms with Gasteiger partial charge in [0.15, 0.2) is 0 Å². The second-order valence-corrected chi connectivity index (χ2v) is 5.79. The van der Waals surface area contributed by atoms with Crippen molar-refractivity contribution < 1.29 is 9.90 Å². The first-order chi connectivity index (χ1) is 11.1. The summed E-state index contributed by atoms with van der Waals surface area (Å²) in [5.74, 6) is 0.160. The Balaban J connectivity index is 1.99. The van der Waals surface area contributed by atoms with Crippen LogP contribution < -0.4 is 0 Å². The third-order valence-electron chi connectivity index (χ3n) is 4.12. The third-order valence-corrected chi connectivity index (χ3v) is 4.12. The van der Waals surface area contributed by atoms with Gasteiger partial charge >= 0.3 is 0 Å². The zero-order valence-electron chi connectivity index (χ0n) is 13.4. The first-order valence-electron chi connectivity index (χ1n) is 7.84. The van der Waals surface area contributed by atoms with E-state index in [9.17, 15) is 9.90 Å². The van der Waals surface area contributed by atoms with Crippen molar-refractivity contribution in [2.24, 2.45) is 5.10 Å². The van der Waals surface area contributed by atoms with Gasteiger partial charge in [-0.15, -0.1) is 0 Å². The maximum atomic E-state index is 12.3. The SMILES string of the molecule is CCC(=O)N1N=C(c2cccc(C)c2)C[C@H]1c1ccccc1O. The Morgan fingerprint density at radius 2 is 2.04 bits per heavy atom. The Kier molecular flexibility index (Phi) is 4.15. The molecule has 0 aliphatic carbocycles. The summed E-state index contributed by atoms with van der Waals surface area (Å²) in [6.45, 7) is 3.86. The van der Waals surface area contributed by atoms with Crippen molar-refractivity contribution in [2.45, 2.75) is 32.7 Å². The maximum Gasteiger partial charge on any atom is 0.242 e. The lowest BCUT2D eigenvalue weighted by Crippen LogP contribution is -2.26. The fraction of sp³-hybridized carbons (Fsp3) is 0.263. The smallest absolute Gasteiger partial charge is 0.242 e. The predicted octanol–water partition coefficient (Wildman–Crippen LogP) is 3.79. The van der Waals surface area contributed by atoms with Gasteiger partial charge in [-0.3, -0.25) is 4.79 Å². The molecule has 0 fully saturated rings. The van der Waals surface area contributed by atoms with Crippen molar-refractivity contribution in [3.63, 3.8) is 0 Å². The van der Waals surface area contributed by atoms with Crippen LogP contribution in [-0.2, 0) is 4.79 Å². The molecular weight excluding hydrogens is 288 g/mol. The molecule has 1 amide bonds. The molecule has 0 aromatic heterocycles. The molecule has 1 heterocycles. The van der Waals surface area contributed by atoms with E-state index in [0.717, 1.165) is 22.4 Å². The van der Waals surface area contributed by atoms with E-state index in [4.69, 9.17) is 0 Å². The van der Waals surface area contributed by atoms with E-state index < -0.39 is 0 Å². The van der Waals surface area contributed by atoms with Gasteiger partial charge in [-0.05, 0) is 18.6 Å². The molecule has 2 aromatic carbocycles. The number of benzene rings is 2. The second-order valence-electron chi connectivity index (χ2n) is 5.79. The van der Waals surface area contributed by atoms with Gasteiger partial charge in [-0.1, -0.05) is 55.0 Å². The average Bonchev–Trinajstić information content (AvgIpc) is 2.99. The number of aryl methyl sites for hydroxylation is 1. The fourth-order valence-corrected chi connectivity index (χ4v) is 2.91. The summed E-state index contributed by atoms with van der Waals surface area (Å²) >= 11 is 0. The van der Waals surface area contributed by atoms with Crippen molar-refractivity contribution in [3.05, 3.63) is 65.2 Å². The van der Waals surface area contributed by atoms with Crippen molar-refractivity contribution >= 4 is 11.6 Å². The molecule has 1 atom stereocenters. The highest BCUT2D eigenvalue weighted by atomic mass is 16.3. The van der Waals surface area contributed by atoms with Crippen LogP contribution in [0.3, 0.4) is 0 Å². The second kappa shape index (κ2) is 6.24. The van der Waals surface area contributed by atoms with Gasteiger partial charge in [0.25, 0.3) is 0 Å². The first-order valence-corrected chi connectivity index (χ1v) is 7.84. The van der Waals surface area contributed by atoms with Gasteiger partial charge in [0.1, 0.15) is 5.75 Å². The number of rotatable bonds is 3. The molecular formula is C19H20N2O2. The largest absolute Gasteiger partial charge is 0.508 e. The zero-order valence-corrected chi connectivity index (χ0v) is 13.4. The zero-order chi connectivity index (χ0) is 16.4. The van der Waals surface area contributed by atoms with E-state index in [1.165, 1.54) is 5.01 Å². The van der Waals surface area contributed by atoms with Gasteiger partial charge in [0.2, 0.25) is 5.91 Å². The van der Waals surface area contributed by atoms with E-state index in [0.29, 0.717) is 12.8 Å². The lowest BCUT2D eigenvalue weighted by atomic mass is 9.97. The van der Waals surface area contributed by atoms with Crippen LogP contribution in [0.25, 0.3) is 0 Å². The van der Waals surface area contributed by atoms with Crippen LogP contribution in [0.2, 0.25) is 0 Å². The molecule has 4 nitrogen and oxygen atoms in total. The molecule has 3 rings (SSSR count). The van der Waals surface area contributed by atoms with Crippen molar-refractivity contribution in [1.29, 1.82) is 0 Å². The number of aromatic hydroxyl groups is 1. The molecule has 0 bridgehead atoms. The Labute approximate surface area is 136 Å². The summed E-state index contributed by atoms with van der Waals surface area (Å²) in [4.78, 5) is 12.3. The van der Waals surface area contributed by atoms with Crippen LogP contribution in [-0.4, -0.2) is 21.7 Å². The Morgan fingerprint density at radius 3 is 2.74 bits per heavy atom. The highest BCUT2D eigenvalue weighted by Gasteiger charge is 2.33.